The molecule has 0 aliphatic rings. The van der Waals surface area contributed by atoms with Gasteiger partial charge in [-0.2, -0.15) is 5.10 Å². The van der Waals surface area contributed by atoms with E-state index in [0.29, 0.717) is 0 Å². The molecule has 0 saturated carbocycles. The number of hydrogen-bond acceptors (Lipinski definition) is 3. The summed E-state index contributed by atoms with van der Waals surface area (Å²) in [5.74, 6) is 0. The van der Waals surface area contributed by atoms with Gasteiger partial charge in [-0.05, 0) is 12.8 Å². The summed E-state index contributed by atoms with van der Waals surface area (Å²) in [6.45, 7) is 4.34. The zero-order chi connectivity index (χ0) is 9.26. The van der Waals surface area contributed by atoms with E-state index in [2.05, 4.69) is 23.9 Å². The van der Waals surface area contributed by atoms with Gasteiger partial charge in [0.05, 0.1) is 11.4 Å². The van der Waals surface area contributed by atoms with E-state index in [9.17, 15) is 0 Å². The highest BCUT2D eigenvalue weighted by molar-refractivity contribution is 7.14. The van der Waals surface area contributed by atoms with E-state index in [1.807, 2.05) is 10.0 Å². The summed E-state index contributed by atoms with van der Waals surface area (Å²) in [4.78, 5) is 5.58. The second-order valence-corrected chi connectivity index (χ2v) is 3.85. The van der Waals surface area contributed by atoms with Crippen molar-refractivity contribution in [3.8, 4) is 0 Å². The molecule has 0 atom stereocenters. The van der Waals surface area contributed by atoms with Gasteiger partial charge in [0.2, 0.25) is 4.96 Å². The smallest absolute Gasteiger partial charge is 0.212 e. The van der Waals surface area contributed by atoms with E-state index < -0.39 is 0 Å². The quantitative estimate of drug-likeness (QED) is 0.752. The number of rotatable bonds is 3. The lowest BCUT2D eigenvalue weighted by molar-refractivity contribution is 0.828. The molecule has 0 radical (unpaired) electrons. The topological polar surface area (TPSA) is 30.2 Å². The second kappa shape index (κ2) is 3.46. The minimum atomic E-state index is 1.01. The third-order valence-corrected chi connectivity index (χ3v) is 2.82. The first kappa shape index (κ1) is 8.69. The van der Waals surface area contributed by atoms with Gasteiger partial charge in [-0.25, -0.2) is 9.50 Å². The van der Waals surface area contributed by atoms with Crippen LogP contribution in [0.3, 0.4) is 0 Å². The Labute approximate surface area is 81.4 Å². The van der Waals surface area contributed by atoms with Crippen LogP contribution >= 0.6 is 11.3 Å². The molecule has 2 aromatic heterocycles. The average molecular weight is 195 g/mol. The normalized spacial score (nSPS) is 11.2. The van der Waals surface area contributed by atoms with Crippen LogP contribution in [0.1, 0.15) is 31.7 Å². The summed E-state index contributed by atoms with van der Waals surface area (Å²) in [5, 5.41) is 4.27. The van der Waals surface area contributed by atoms with Crippen LogP contribution in [0.5, 0.6) is 0 Å². The molecule has 0 aliphatic carbocycles. The minimum absolute atomic E-state index is 1.01. The summed E-state index contributed by atoms with van der Waals surface area (Å²) in [7, 11) is 0. The Morgan fingerprint density at radius 2 is 2.31 bits per heavy atom. The van der Waals surface area contributed by atoms with Crippen LogP contribution in [-0.4, -0.2) is 14.6 Å². The van der Waals surface area contributed by atoms with E-state index in [0.717, 1.165) is 24.2 Å². The van der Waals surface area contributed by atoms with Crippen molar-refractivity contribution in [3.05, 3.63) is 16.9 Å². The average Bonchev–Trinajstić information content (AvgIpc) is 2.64. The first-order valence-electron chi connectivity index (χ1n) is 4.66. The summed E-state index contributed by atoms with van der Waals surface area (Å²) >= 11 is 1.60. The Kier molecular flexibility index (Phi) is 2.31. The monoisotopic (exact) mass is 195 g/mol. The SMILES string of the molecule is CCCc1nc2scnn2c1CC. The van der Waals surface area contributed by atoms with Crippen LogP contribution < -0.4 is 0 Å². The maximum Gasteiger partial charge on any atom is 0.212 e. The number of nitrogens with zero attached hydrogens (tertiary/aromatic N) is 3. The van der Waals surface area contributed by atoms with Gasteiger partial charge in [0.25, 0.3) is 0 Å². The molecular formula is C9H13N3S. The van der Waals surface area contributed by atoms with E-state index >= 15 is 0 Å². The largest absolute Gasteiger partial charge is 0.222 e. The number of imidazole rings is 1. The van der Waals surface area contributed by atoms with Crippen molar-refractivity contribution in [2.24, 2.45) is 0 Å². The van der Waals surface area contributed by atoms with Crippen LogP contribution in [-0.2, 0) is 12.8 Å². The highest BCUT2D eigenvalue weighted by atomic mass is 32.1. The maximum atomic E-state index is 4.55. The molecule has 0 aliphatic heterocycles. The van der Waals surface area contributed by atoms with E-state index in [-0.39, 0.29) is 0 Å². The molecule has 0 saturated heterocycles. The van der Waals surface area contributed by atoms with Crippen LogP contribution in [0.4, 0.5) is 0 Å². The predicted octanol–water partition coefficient (Wildman–Crippen LogP) is 2.31. The summed E-state index contributed by atoms with van der Waals surface area (Å²) in [6.07, 6.45) is 3.23. The van der Waals surface area contributed by atoms with Gasteiger partial charge < -0.3 is 0 Å². The van der Waals surface area contributed by atoms with Gasteiger partial charge in [0.1, 0.15) is 5.51 Å². The summed E-state index contributed by atoms with van der Waals surface area (Å²) < 4.78 is 1.97. The molecule has 0 unspecified atom stereocenters. The molecule has 0 amide bonds. The molecule has 0 aromatic carbocycles. The predicted molar refractivity (Wildman–Crippen MR) is 54.2 cm³/mol. The lowest BCUT2D eigenvalue weighted by Crippen LogP contribution is -1.95. The molecule has 70 valence electrons. The van der Waals surface area contributed by atoms with Gasteiger partial charge in [-0.3, -0.25) is 0 Å². The third-order valence-electron chi connectivity index (χ3n) is 2.14. The highest BCUT2D eigenvalue weighted by Gasteiger charge is 2.10. The molecule has 4 heteroatoms. The van der Waals surface area contributed by atoms with Crippen LogP contribution in [0.2, 0.25) is 0 Å². The summed E-state index contributed by atoms with van der Waals surface area (Å²) in [6, 6.07) is 0. The number of aryl methyl sites for hydroxylation is 2. The third kappa shape index (κ3) is 1.35. The standard InChI is InChI=1S/C9H13N3S/c1-3-5-7-8(4-2)12-9(11-7)13-6-10-12/h6H,3-5H2,1-2H3. The number of fused-ring (bicyclic) bond motifs is 1. The molecule has 0 fully saturated rings. The maximum absolute atomic E-state index is 4.55. The van der Waals surface area contributed by atoms with Gasteiger partial charge in [0.15, 0.2) is 0 Å². The molecular weight excluding hydrogens is 182 g/mol. The molecule has 13 heavy (non-hydrogen) atoms. The zero-order valence-electron chi connectivity index (χ0n) is 7.95. The molecule has 0 bridgehead atoms. The number of aromatic nitrogens is 3. The number of hydrogen-bond donors (Lipinski definition) is 0. The Hall–Kier alpha value is -0.900. The van der Waals surface area contributed by atoms with E-state index in [4.69, 9.17) is 0 Å². The Morgan fingerprint density at radius 1 is 1.46 bits per heavy atom. The van der Waals surface area contributed by atoms with Gasteiger partial charge in [-0.1, -0.05) is 31.6 Å². The first-order valence-corrected chi connectivity index (χ1v) is 5.54. The van der Waals surface area contributed by atoms with Crippen molar-refractivity contribution in [2.75, 3.05) is 0 Å². The minimum Gasteiger partial charge on any atom is -0.222 e. The van der Waals surface area contributed by atoms with Crippen molar-refractivity contribution in [1.29, 1.82) is 0 Å². The van der Waals surface area contributed by atoms with Gasteiger partial charge in [0, 0.05) is 0 Å². The molecule has 0 spiro atoms. The summed E-state index contributed by atoms with van der Waals surface area (Å²) in [5.41, 5.74) is 4.35. The van der Waals surface area contributed by atoms with Crippen molar-refractivity contribution >= 4 is 16.3 Å². The van der Waals surface area contributed by atoms with E-state index in [1.165, 1.54) is 11.4 Å². The molecule has 2 heterocycles. The molecule has 2 aromatic rings. The fourth-order valence-corrected chi connectivity index (χ4v) is 2.22. The van der Waals surface area contributed by atoms with Gasteiger partial charge >= 0.3 is 0 Å². The van der Waals surface area contributed by atoms with Gasteiger partial charge in [-0.15, -0.1) is 0 Å². The van der Waals surface area contributed by atoms with E-state index in [1.54, 1.807) is 11.3 Å². The lowest BCUT2D eigenvalue weighted by Gasteiger charge is -1.96. The van der Waals surface area contributed by atoms with Crippen LogP contribution in [0.25, 0.3) is 4.96 Å². The Bertz CT molecular complexity index is 402. The fraction of sp³-hybridized carbons (Fsp3) is 0.556. The molecule has 3 nitrogen and oxygen atoms in total. The molecule has 0 N–H and O–H groups in total. The fourth-order valence-electron chi connectivity index (χ4n) is 1.57. The van der Waals surface area contributed by atoms with Crippen LogP contribution in [0, 0.1) is 0 Å². The van der Waals surface area contributed by atoms with Crippen molar-refractivity contribution in [2.45, 2.75) is 33.1 Å². The highest BCUT2D eigenvalue weighted by Crippen LogP contribution is 2.16. The lowest BCUT2D eigenvalue weighted by atomic mass is 10.2. The van der Waals surface area contributed by atoms with Crippen LogP contribution in [0.15, 0.2) is 5.51 Å². The second-order valence-electron chi connectivity index (χ2n) is 3.04. The molecule has 2 rings (SSSR count). The Balaban J connectivity index is 2.54. The zero-order valence-corrected chi connectivity index (χ0v) is 8.77. The van der Waals surface area contributed by atoms with Crippen molar-refractivity contribution in [3.63, 3.8) is 0 Å². The van der Waals surface area contributed by atoms with Crippen molar-refractivity contribution in [1.82, 2.24) is 14.6 Å². The van der Waals surface area contributed by atoms with Crippen molar-refractivity contribution < 1.29 is 0 Å². The Morgan fingerprint density at radius 3 is 3.00 bits per heavy atom. The first-order chi connectivity index (χ1) is 6.36.